The van der Waals surface area contributed by atoms with Crippen molar-refractivity contribution in [3.8, 4) is 0 Å². The molecule has 0 radical (unpaired) electrons. The number of likely N-dealkylation sites (N-methyl/N-ethyl adjacent to an activating group) is 2. The molecule has 0 atom stereocenters. The summed E-state index contributed by atoms with van der Waals surface area (Å²) in [7, 11) is 4.32. The summed E-state index contributed by atoms with van der Waals surface area (Å²) in [6.45, 7) is 4.67. The van der Waals surface area contributed by atoms with Crippen LogP contribution in [0.5, 0.6) is 0 Å². The van der Waals surface area contributed by atoms with Crippen molar-refractivity contribution >= 4 is 0 Å². The summed E-state index contributed by atoms with van der Waals surface area (Å²) < 4.78 is 0. The molecule has 0 spiro atoms. The van der Waals surface area contributed by atoms with Crippen LogP contribution in [0.3, 0.4) is 0 Å². The Morgan fingerprint density at radius 3 is 1.56 bits per heavy atom. The zero-order valence-corrected chi connectivity index (χ0v) is 5.89. The maximum Gasteiger partial charge on any atom is 0.0589 e. The van der Waals surface area contributed by atoms with Gasteiger partial charge in [0.15, 0.2) is 0 Å². The van der Waals surface area contributed by atoms with Gasteiger partial charge in [0.2, 0.25) is 0 Å². The highest BCUT2D eigenvalue weighted by atomic mass is 15.4. The number of rotatable bonds is 0. The van der Waals surface area contributed by atoms with Crippen LogP contribution in [0, 0.1) is 0 Å². The second-order valence-electron chi connectivity index (χ2n) is 2.59. The van der Waals surface area contributed by atoms with Gasteiger partial charge in [-0.25, -0.2) is 0 Å². The molecule has 1 aliphatic rings. The average molecular weight is 130 g/mol. The van der Waals surface area contributed by atoms with E-state index in [1.807, 2.05) is 0 Å². The molecule has 1 rings (SSSR count). The van der Waals surface area contributed by atoms with E-state index in [1.54, 1.807) is 0 Å². The van der Waals surface area contributed by atoms with Crippen LogP contribution in [0.4, 0.5) is 0 Å². The van der Waals surface area contributed by atoms with E-state index >= 15 is 0 Å². The Kier molecular flexibility index (Phi) is 3.15. The van der Waals surface area contributed by atoms with Crippen LogP contribution in [-0.2, 0) is 0 Å². The smallest absolute Gasteiger partial charge is 0.0589 e. The standard InChI is InChI=1S/C6H14N2.CH4/c1-6-7(2)4-5-8(6)3;/h6H,4-5H2,1-3H3;1H4. The predicted octanol–water partition coefficient (Wildman–Crippen LogP) is 0.846. The molecule has 0 bridgehead atoms. The van der Waals surface area contributed by atoms with Gasteiger partial charge in [-0.2, -0.15) is 0 Å². The maximum atomic E-state index is 2.35. The lowest BCUT2D eigenvalue weighted by molar-refractivity contribution is 0.208. The Morgan fingerprint density at radius 2 is 1.44 bits per heavy atom. The minimum Gasteiger partial charge on any atom is -0.290 e. The summed E-state index contributed by atoms with van der Waals surface area (Å²) in [5, 5.41) is 0. The van der Waals surface area contributed by atoms with Crippen molar-refractivity contribution in [2.75, 3.05) is 27.2 Å². The zero-order chi connectivity index (χ0) is 6.15. The molecule has 9 heavy (non-hydrogen) atoms. The van der Waals surface area contributed by atoms with E-state index in [-0.39, 0.29) is 7.43 Å². The Hall–Kier alpha value is -0.0800. The van der Waals surface area contributed by atoms with Crippen molar-refractivity contribution in [2.45, 2.75) is 20.5 Å². The first-order valence-corrected chi connectivity index (χ1v) is 3.12. The molecule has 0 aromatic carbocycles. The lowest BCUT2D eigenvalue weighted by atomic mass is 10.5. The maximum absolute atomic E-state index is 2.35. The van der Waals surface area contributed by atoms with Gasteiger partial charge in [0.25, 0.3) is 0 Å². The van der Waals surface area contributed by atoms with Gasteiger partial charge in [-0.1, -0.05) is 7.43 Å². The molecular formula is C7H18N2. The van der Waals surface area contributed by atoms with Crippen molar-refractivity contribution in [2.24, 2.45) is 0 Å². The summed E-state index contributed by atoms with van der Waals surface area (Å²) in [6, 6.07) is 0. The molecule has 1 fully saturated rings. The van der Waals surface area contributed by atoms with E-state index in [0.29, 0.717) is 6.17 Å². The molecule has 56 valence electrons. The van der Waals surface area contributed by atoms with Crippen molar-refractivity contribution in [1.82, 2.24) is 9.80 Å². The molecule has 0 amide bonds. The third-order valence-corrected chi connectivity index (χ3v) is 2.08. The number of hydrogen-bond acceptors (Lipinski definition) is 2. The summed E-state index contributed by atoms with van der Waals surface area (Å²) in [5.41, 5.74) is 0. The Balaban J connectivity index is 0.000000640. The Labute approximate surface area is 58.4 Å². The first-order valence-electron chi connectivity index (χ1n) is 3.12. The Bertz CT molecular complexity index is 73.0. The average Bonchev–Trinajstić information content (AvgIpc) is 1.98. The lowest BCUT2D eigenvalue weighted by Crippen LogP contribution is -2.30. The third-order valence-electron chi connectivity index (χ3n) is 2.08. The highest BCUT2D eigenvalue weighted by Crippen LogP contribution is 2.06. The zero-order valence-electron chi connectivity index (χ0n) is 5.89. The van der Waals surface area contributed by atoms with Gasteiger partial charge in [-0.15, -0.1) is 0 Å². The first kappa shape index (κ1) is 8.92. The molecule has 0 aliphatic carbocycles. The highest BCUT2D eigenvalue weighted by Gasteiger charge is 2.20. The van der Waals surface area contributed by atoms with Crippen molar-refractivity contribution in [3.05, 3.63) is 0 Å². The van der Waals surface area contributed by atoms with Gasteiger partial charge in [0, 0.05) is 13.1 Å². The van der Waals surface area contributed by atoms with Crippen LogP contribution in [-0.4, -0.2) is 43.2 Å². The van der Waals surface area contributed by atoms with E-state index in [9.17, 15) is 0 Å². The van der Waals surface area contributed by atoms with Gasteiger partial charge in [0.05, 0.1) is 6.17 Å². The molecule has 2 nitrogen and oxygen atoms in total. The Morgan fingerprint density at radius 1 is 1.11 bits per heavy atom. The molecule has 1 heterocycles. The van der Waals surface area contributed by atoms with Crippen molar-refractivity contribution < 1.29 is 0 Å². The first-order chi connectivity index (χ1) is 3.72. The van der Waals surface area contributed by atoms with E-state index < -0.39 is 0 Å². The monoisotopic (exact) mass is 130 g/mol. The highest BCUT2D eigenvalue weighted by molar-refractivity contribution is 4.71. The number of nitrogens with zero attached hydrogens (tertiary/aromatic N) is 2. The quantitative estimate of drug-likeness (QED) is 0.479. The fourth-order valence-corrected chi connectivity index (χ4v) is 1.03. The molecule has 0 aromatic heterocycles. The van der Waals surface area contributed by atoms with Crippen LogP contribution in [0.15, 0.2) is 0 Å². The second-order valence-corrected chi connectivity index (χ2v) is 2.59. The summed E-state index contributed by atoms with van der Waals surface area (Å²) >= 11 is 0. The fraction of sp³-hybridized carbons (Fsp3) is 1.00. The molecule has 0 aromatic rings. The topological polar surface area (TPSA) is 6.48 Å². The summed E-state index contributed by atoms with van der Waals surface area (Å²) in [5.74, 6) is 0. The van der Waals surface area contributed by atoms with Gasteiger partial charge in [-0.3, -0.25) is 9.80 Å². The van der Waals surface area contributed by atoms with E-state index in [1.165, 1.54) is 13.1 Å². The van der Waals surface area contributed by atoms with Gasteiger partial charge < -0.3 is 0 Å². The molecule has 1 aliphatic heterocycles. The van der Waals surface area contributed by atoms with Crippen molar-refractivity contribution in [1.29, 1.82) is 0 Å². The second kappa shape index (κ2) is 3.18. The van der Waals surface area contributed by atoms with E-state index in [4.69, 9.17) is 0 Å². The summed E-state index contributed by atoms with van der Waals surface area (Å²) in [4.78, 5) is 4.69. The minimum atomic E-state index is 0. The molecule has 0 N–H and O–H groups in total. The largest absolute Gasteiger partial charge is 0.290 e. The molecule has 0 saturated carbocycles. The fourth-order valence-electron chi connectivity index (χ4n) is 1.03. The van der Waals surface area contributed by atoms with Crippen LogP contribution in [0.2, 0.25) is 0 Å². The SMILES string of the molecule is C.CC1N(C)CCN1C. The van der Waals surface area contributed by atoms with Crippen LogP contribution >= 0.6 is 0 Å². The third kappa shape index (κ3) is 1.66. The number of hydrogen-bond donors (Lipinski definition) is 0. The van der Waals surface area contributed by atoms with Gasteiger partial charge >= 0.3 is 0 Å². The molecule has 1 saturated heterocycles. The van der Waals surface area contributed by atoms with Crippen molar-refractivity contribution in [3.63, 3.8) is 0 Å². The molecular weight excluding hydrogens is 112 g/mol. The van der Waals surface area contributed by atoms with E-state index in [0.717, 1.165) is 0 Å². The van der Waals surface area contributed by atoms with Gasteiger partial charge in [-0.05, 0) is 21.0 Å². The van der Waals surface area contributed by atoms with Crippen LogP contribution < -0.4 is 0 Å². The normalized spacial score (nSPS) is 24.3. The van der Waals surface area contributed by atoms with E-state index in [2.05, 4.69) is 30.8 Å². The molecule has 0 unspecified atom stereocenters. The predicted molar refractivity (Wildman–Crippen MR) is 41.5 cm³/mol. The van der Waals surface area contributed by atoms with Gasteiger partial charge in [0.1, 0.15) is 0 Å². The lowest BCUT2D eigenvalue weighted by Gasteiger charge is -2.19. The van der Waals surface area contributed by atoms with Crippen LogP contribution in [0.25, 0.3) is 0 Å². The molecule has 2 heteroatoms. The van der Waals surface area contributed by atoms with Crippen LogP contribution in [0.1, 0.15) is 14.4 Å². The summed E-state index contributed by atoms with van der Waals surface area (Å²) in [6.07, 6.45) is 0.648. The minimum absolute atomic E-state index is 0.